The van der Waals surface area contributed by atoms with Crippen LogP contribution in [0, 0.1) is 11.8 Å². The summed E-state index contributed by atoms with van der Waals surface area (Å²) in [5, 5.41) is 5.76. The molecule has 0 unspecified atom stereocenters. The summed E-state index contributed by atoms with van der Waals surface area (Å²) in [5.74, 6) is 1.43. The van der Waals surface area contributed by atoms with Crippen LogP contribution in [-0.4, -0.2) is 21.7 Å². The number of nitrogens with zero attached hydrogens (tertiary/aromatic N) is 2. The average molecular weight is 405 g/mol. The standard InChI is InChI=1S/C21H22Cl2N2O2/c22-17-2-1-3-18(23)20(17)25-19(16(10-24-25)12-4-5-12)11-27-15-8-13-6-7-14(9-15)21(13)26/h1-3,10,12-15H,4-9,11H2/t13-,14+,15-. The Hall–Kier alpha value is -1.36. The molecule has 0 amide bonds. The van der Waals surface area contributed by atoms with E-state index in [0.717, 1.165) is 31.4 Å². The molecule has 4 nitrogen and oxygen atoms in total. The first-order valence-electron chi connectivity index (χ1n) is 9.78. The highest BCUT2D eigenvalue weighted by Gasteiger charge is 2.42. The molecule has 0 spiro atoms. The number of ether oxygens (including phenoxy) is 1. The number of fused-ring (bicyclic) bond motifs is 2. The zero-order valence-corrected chi connectivity index (χ0v) is 16.5. The Bertz CT molecular complexity index is 854. The molecule has 0 radical (unpaired) electrons. The van der Waals surface area contributed by atoms with E-state index in [9.17, 15) is 4.79 Å². The number of Topliss-reactive ketones (excluding diaryl/α,β-unsaturated/α-hetero) is 1. The van der Waals surface area contributed by atoms with Crippen molar-refractivity contribution in [1.29, 1.82) is 0 Å². The summed E-state index contributed by atoms with van der Waals surface area (Å²) >= 11 is 12.9. The third-order valence-corrected chi connectivity index (χ3v) is 6.90. The van der Waals surface area contributed by atoms with E-state index in [1.807, 2.05) is 29.1 Å². The smallest absolute Gasteiger partial charge is 0.139 e. The number of hydrogen-bond donors (Lipinski definition) is 0. The number of para-hydroxylation sites is 1. The topological polar surface area (TPSA) is 44.1 Å². The van der Waals surface area contributed by atoms with Crippen LogP contribution >= 0.6 is 23.2 Å². The number of ketones is 1. The minimum atomic E-state index is 0.150. The van der Waals surface area contributed by atoms with Gasteiger partial charge in [-0.25, -0.2) is 4.68 Å². The second kappa shape index (κ2) is 6.91. The van der Waals surface area contributed by atoms with Crippen LogP contribution in [0.3, 0.4) is 0 Å². The number of hydrogen-bond acceptors (Lipinski definition) is 3. The van der Waals surface area contributed by atoms with Crippen LogP contribution in [0.2, 0.25) is 10.0 Å². The number of carbonyl (C=O) groups is 1. The molecule has 0 N–H and O–H groups in total. The van der Waals surface area contributed by atoms with E-state index >= 15 is 0 Å². The molecule has 3 saturated carbocycles. The van der Waals surface area contributed by atoms with Gasteiger partial charge in [0, 0.05) is 11.8 Å². The van der Waals surface area contributed by atoms with Crippen molar-refractivity contribution in [2.45, 2.75) is 57.2 Å². The van der Waals surface area contributed by atoms with Crippen molar-refractivity contribution in [2.24, 2.45) is 11.8 Å². The van der Waals surface area contributed by atoms with Crippen molar-refractivity contribution in [3.8, 4) is 5.69 Å². The molecule has 142 valence electrons. The van der Waals surface area contributed by atoms with E-state index in [1.54, 1.807) is 0 Å². The Kier molecular flexibility index (Phi) is 4.53. The Balaban J connectivity index is 1.42. The van der Waals surface area contributed by atoms with Gasteiger partial charge in [0.15, 0.2) is 0 Å². The van der Waals surface area contributed by atoms with Gasteiger partial charge in [0.2, 0.25) is 0 Å². The molecule has 2 bridgehead atoms. The number of carbonyl (C=O) groups excluding carboxylic acids is 1. The molecule has 0 saturated heterocycles. The molecule has 3 aliphatic carbocycles. The summed E-state index contributed by atoms with van der Waals surface area (Å²) in [6.45, 7) is 0.478. The lowest BCUT2D eigenvalue weighted by Gasteiger charge is -2.27. The maximum atomic E-state index is 12.1. The van der Waals surface area contributed by atoms with Crippen LogP contribution in [0.5, 0.6) is 0 Å². The SMILES string of the molecule is O=C1[C@@H]2CC[C@H]1C[C@H](OCc1c(C3CC3)cnn1-c1c(Cl)cccc1Cl)C2. The van der Waals surface area contributed by atoms with E-state index in [0.29, 0.717) is 34.0 Å². The van der Waals surface area contributed by atoms with Crippen molar-refractivity contribution < 1.29 is 9.53 Å². The zero-order chi connectivity index (χ0) is 18.5. The van der Waals surface area contributed by atoms with Gasteiger partial charge in [0.1, 0.15) is 11.5 Å². The molecule has 6 heteroatoms. The van der Waals surface area contributed by atoms with Gasteiger partial charge in [-0.2, -0.15) is 5.10 Å². The van der Waals surface area contributed by atoms with E-state index in [1.165, 1.54) is 18.4 Å². The fraction of sp³-hybridized carbons (Fsp3) is 0.524. The molecule has 0 aliphatic heterocycles. The monoisotopic (exact) mass is 404 g/mol. The molecular formula is C21H22Cl2N2O2. The van der Waals surface area contributed by atoms with Gasteiger partial charge in [-0.05, 0) is 62.1 Å². The van der Waals surface area contributed by atoms with E-state index in [2.05, 4.69) is 5.10 Å². The number of benzene rings is 1. The predicted octanol–water partition coefficient (Wildman–Crippen LogP) is 5.33. The molecule has 5 rings (SSSR count). The first-order chi connectivity index (χ1) is 13.1. The fourth-order valence-electron chi connectivity index (χ4n) is 4.70. The maximum Gasteiger partial charge on any atom is 0.139 e. The molecular weight excluding hydrogens is 383 g/mol. The third-order valence-electron chi connectivity index (χ3n) is 6.29. The zero-order valence-electron chi connectivity index (χ0n) is 15.0. The quantitative estimate of drug-likeness (QED) is 0.675. The summed E-state index contributed by atoms with van der Waals surface area (Å²) in [6.07, 6.45) is 8.24. The summed E-state index contributed by atoms with van der Waals surface area (Å²) in [7, 11) is 0. The van der Waals surface area contributed by atoms with Crippen LogP contribution < -0.4 is 0 Å². The van der Waals surface area contributed by atoms with Crippen molar-refractivity contribution >= 4 is 29.0 Å². The van der Waals surface area contributed by atoms with Crippen LogP contribution in [0.4, 0.5) is 0 Å². The predicted molar refractivity (Wildman–Crippen MR) is 105 cm³/mol. The Morgan fingerprint density at radius 1 is 1.04 bits per heavy atom. The van der Waals surface area contributed by atoms with E-state index in [4.69, 9.17) is 27.9 Å². The third kappa shape index (κ3) is 3.22. The van der Waals surface area contributed by atoms with Crippen molar-refractivity contribution in [3.05, 3.63) is 45.7 Å². The molecule has 3 atom stereocenters. The van der Waals surface area contributed by atoms with Crippen molar-refractivity contribution in [2.75, 3.05) is 0 Å². The number of rotatable bonds is 5. The lowest BCUT2D eigenvalue weighted by Crippen LogP contribution is -2.31. The van der Waals surface area contributed by atoms with Crippen molar-refractivity contribution in [1.82, 2.24) is 9.78 Å². The first-order valence-corrected chi connectivity index (χ1v) is 10.5. The minimum Gasteiger partial charge on any atom is -0.372 e. The summed E-state index contributed by atoms with van der Waals surface area (Å²) < 4.78 is 8.17. The molecule has 1 aromatic heterocycles. The average Bonchev–Trinajstić information content (AvgIpc) is 3.38. The minimum absolute atomic E-state index is 0.150. The number of halogens is 2. The van der Waals surface area contributed by atoms with Crippen LogP contribution in [0.15, 0.2) is 24.4 Å². The van der Waals surface area contributed by atoms with Gasteiger partial charge in [-0.3, -0.25) is 4.79 Å². The van der Waals surface area contributed by atoms with Crippen molar-refractivity contribution in [3.63, 3.8) is 0 Å². The van der Waals surface area contributed by atoms with Gasteiger partial charge in [-0.15, -0.1) is 0 Å². The van der Waals surface area contributed by atoms with Gasteiger partial charge in [-0.1, -0.05) is 29.3 Å². The highest BCUT2D eigenvalue weighted by atomic mass is 35.5. The maximum absolute atomic E-state index is 12.1. The second-order valence-electron chi connectivity index (χ2n) is 8.08. The van der Waals surface area contributed by atoms with Gasteiger partial charge in [0.25, 0.3) is 0 Å². The lowest BCUT2D eigenvalue weighted by atomic mass is 9.86. The first kappa shape index (κ1) is 17.7. The summed E-state index contributed by atoms with van der Waals surface area (Å²) in [5.41, 5.74) is 2.99. The highest BCUT2D eigenvalue weighted by Crippen LogP contribution is 2.44. The Morgan fingerprint density at radius 2 is 1.67 bits per heavy atom. The Morgan fingerprint density at radius 3 is 2.30 bits per heavy atom. The van der Waals surface area contributed by atoms with E-state index in [-0.39, 0.29) is 17.9 Å². The van der Waals surface area contributed by atoms with Crippen LogP contribution in [-0.2, 0) is 16.1 Å². The van der Waals surface area contributed by atoms with Gasteiger partial charge >= 0.3 is 0 Å². The molecule has 3 fully saturated rings. The molecule has 2 aromatic rings. The van der Waals surface area contributed by atoms with Gasteiger partial charge in [0.05, 0.1) is 34.6 Å². The largest absolute Gasteiger partial charge is 0.372 e. The normalized spacial score (nSPS) is 27.3. The van der Waals surface area contributed by atoms with Gasteiger partial charge < -0.3 is 4.74 Å². The van der Waals surface area contributed by atoms with Crippen LogP contribution in [0.25, 0.3) is 5.69 Å². The summed E-state index contributed by atoms with van der Waals surface area (Å²) in [4.78, 5) is 12.1. The fourth-order valence-corrected chi connectivity index (χ4v) is 5.26. The Labute approximate surface area is 168 Å². The lowest BCUT2D eigenvalue weighted by molar-refractivity contribution is -0.130. The van der Waals surface area contributed by atoms with E-state index < -0.39 is 0 Å². The van der Waals surface area contributed by atoms with Crippen LogP contribution in [0.1, 0.15) is 55.7 Å². The molecule has 1 heterocycles. The number of aromatic nitrogens is 2. The molecule has 3 aliphatic rings. The second-order valence-corrected chi connectivity index (χ2v) is 8.90. The highest BCUT2D eigenvalue weighted by molar-refractivity contribution is 6.37. The molecule has 1 aromatic carbocycles. The molecule has 27 heavy (non-hydrogen) atoms. The summed E-state index contributed by atoms with van der Waals surface area (Å²) in [6, 6.07) is 5.50.